The van der Waals surface area contributed by atoms with Crippen molar-refractivity contribution in [2.45, 2.75) is 59.0 Å². The van der Waals surface area contributed by atoms with E-state index in [0.29, 0.717) is 24.4 Å². The summed E-state index contributed by atoms with van der Waals surface area (Å²) in [4.78, 5) is 4.41. The van der Waals surface area contributed by atoms with Gasteiger partial charge in [-0.05, 0) is 31.0 Å². The summed E-state index contributed by atoms with van der Waals surface area (Å²) < 4.78 is 7.39. The van der Waals surface area contributed by atoms with Gasteiger partial charge in [0.1, 0.15) is 6.54 Å². The molecule has 0 aliphatic rings. The Morgan fingerprint density at radius 3 is 2.76 bits per heavy atom. The predicted octanol–water partition coefficient (Wildman–Crippen LogP) is 3.49. The lowest BCUT2D eigenvalue weighted by Crippen LogP contribution is -2.21. The van der Waals surface area contributed by atoms with Gasteiger partial charge in [-0.2, -0.15) is 4.98 Å². The van der Waals surface area contributed by atoms with Crippen LogP contribution in [0.1, 0.15) is 69.8 Å². The first-order chi connectivity index (χ1) is 10.1. The van der Waals surface area contributed by atoms with E-state index in [1.165, 1.54) is 5.56 Å². The first-order valence-corrected chi connectivity index (χ1v) is 7.85. The molecule has 2 rings (SSSR count). The van der Waals surface area contributed by atoms with Gasteiger partial charge in [-0.1, -0.05) is 32.9 Å². The maximum atomic E-state index is 5.29. The molecular formula is C16H26N4O. The van der Waals surface area contributed by atoms with Gasteiger partial charge in [0.2, 0.25) is 5.89 Å². The largest absolute Gasteiger partial charge is 0.345 e. The molecule has 0 saturated heterocycles. The van der Waals surface area contributed by atoms with Crippen molar-refractivity contribution < 1.29 is 4.52 Å². The van der Waals surface area contributed by atoms with E-state index in [-0.39, 0.29) is 0 Å². The zero-order valence-corrected chi connectivity index (χ0v) is 13.5. The highest BCUT2D eigenvalue weighted by atomic mass is 16.5. The van der Waals surface area contributed by atoms with Gasteiger partial charge in [0.25, 0.3) is 0 Å². The van der Waals surface area contributed by atoms with Gasteiger partial charge in [0, 0.05) is 24.4 Å². The van der Waals surface area contributed by atoms with Crippen molar-refractivity contribution in [2.75, 3.05) is 6.54 Å². The van der Waals surface area contributed by atoms with Crippen molar-refractivity contribution in [3.05, 3.63) is 35.7 Å². The van der Waals surface area contributed by atoms with Crippen LogP contribution in [0, 0.1) is 0 Å². The van der Waals surface area contributed by atoms with E-state index >= 15 is 0 Å². The number of hydrogen-bond donors (Lipinski definition) is 1. The van der Waals surface area contributed by atoms with Crippen LogP contribution in [0.2, 0.25) is 0 Å². The maximum absolute atomic E-state index is 5.29. The molecule has 0 fully saturated rings. The maximum Gasteiger partial charge on any atom is 0.246 e. The minimum Gasteiger partial charge on any atom is -0.345 e. The molecule has 0 aromatic carbocycles. The molecule has 5 nitrogen and oxygen atoms in total. The minimum absolute atomic E-state index is 0.297. The fraction of sp³-hybridized carbons (Fsp3) is 0.625. The Kier molecular flexibility index (Phi) is 5.56. The molecule has 21 heavy (non-hydrogen) atoms. The van der Waals surface area contributed by atoms with Gasteiger partial charge in [0.15, 0.2) is 5.82 Å². The third-order valence-electron chi connectivity index (χ3n) is 3.54. The number of nitrogens with one attached hydrogen (secondary N) is 1. The predicted molar refractivity (Wildman–Crippen MR) is 83.2 cm³/mol. The van der Waals surface area contributed by atoms with E-state index in [1.54, 1.807) is 0 Å². The highest BCUT2D eigenvalue weighted by Crippen LogP contribution is 2.18. The van der Waals surface area contributed by atoms with Gasteiger partial charge in [-0.15, -0.1) is 0 Å². The molecule has 1 atom stereocenters. The van der Waals surface area contributed by atoms with Crippen molar-refractivity contribution in [3.8, 4) is 0 Å². The molecule has 116 valence electrons. The van der Waals surface area contributed by atoms with Crippen molar-refractivity contribution in [1.82, 2.24) is 20.0 Å². The number of nitrogens with zero attached hydrogens (tertiary/aromatic N) is 3. The van der Waals surface area contributed by atoms with E-state index < -0.39 is 0 Å². The lowest BCUT2D eigenvalue weighted by Gasteiger charge is -2.14. The molecule has 5 heteroatoms. The summed E-state index contributed by atoms with van der Waals surface area (Å²) in [6.45, 7) is 10.2. The molecule has 0 aliphatic carbocycles. The van der Waals surface area contributed by atoms with Crippen molar-refractivity contribution in [2.24, 2.45) is 0 Å². The van der Waals surface area contributed by atoms with Crippen molar-refractivity contribution >= 4 is 0 Å². The molecule has 1 N–H and O–H groups in total. The molecule has 0 saturated carbocycles. The van der Waals surface area contributed by atoms with Gasteiger partial charge in [-0.25, -0.2) is 0 Å². The van der Waals surface area contributed by atoms with E-state index in [2.05, 4.69) is 66.2 Å². The van der Waals surface area contributed by atoms with Crippen molar-refractivity contribution in [3.63, 3.8) is 0 Å². The van der Waals surface area contributed by atoms with Crippen LogP contribution in [-0.2, 0) is 6.54 Å². The fourth-order valence-electron chi connectivity index (χ4n) is 2.30. The molecule has 2 aromatic heterocycles. The topological polar surface area (TPSA) is 55.9 Å². The molecule has 2 heterocycles. The zero-order chi connectivity index (χ0) is 15.2. The molecule has 0 bridgehead atoms. The summed E-state index contributed by atoms with van der Waals surface area (Å²) in [5, 5.41) is 7.57. The second-order valence-corrected chi connectivity index (χ2v) is 5.73. The highest BCUT2D eigenvalue weighted by molar-refractivity contribution is 5.16. The molecule has 0 aliphatic heterocycles. The first kappa shape index (κ1) is 15.8. The van der Waals surface area contributed by atoms with Gasteiger partial charge < -0.3 is 14.4 Å². The number of rotatable bonds is 8. The molecule has 0 amide bonds. The summed E-state index contributed by atoms with van der Waals surface area (Å²) in [6.07, 6.45) is 6.47. The smallest absolute Gasteiger partial charge is 0.246 e. The number of aromatic nitrogens is 3. The Morgan fingerprint density at radius 1 is 1.33 bits per heavy atom. The van der Waals surface area contributed by atoms with Gasteiger partial charge >= 0.3 is 0 Å². The van der Waals surface area contributed by atoms with Crippen LogP contribution in [0.25, 0.3) is 0 Å². The third kappa shape index (κ3) is 4.17. The van der Waals surface area contributed by atoms with Crippen LogP contribution in [0.15, 0.2) is 23.0 Å². The second kappa shape index (κ2) is 7.41. The molecular weight excluding hydrogens is 264 g/mol. The summed E-state index contributed by atoms with van der Waals surface area (Å²) in [5.41, 5.74) is 1.31. The van der Waals surface area contributed by atoms with Crippen LogP contribution >= 0.6 is 0 Å². The zero-order valence-electron chi connectivity index (χ0n) is 13.5. The second-order valence-electron chi connectivity index (χ2n) is 5.73. The Bertz CT molecular complexity index is 544. The first-order valence-electron chi connectivity index (χ1n) is 7.85. The average Bonchev–Trinajstić information content (AvgIpc) is 3.10. The lowest BCUT2D eigenvalue weighted by molar-refractivity contribution is 0.364. The Labute approximate surface area is 126 Å². The third-order valence-corrected chi connectivity index (χ3v) is 3.54. The lowest BCUT2D eigenvalue weighted by atomic mass is 10.1. The van der Waals surface area contributed by atoms with Crippen molar-refractivity contribution in [1.29, 1.82) is 0 Å². The quantitative estimate of drug-likeness (QED) is 0.808. The summed E-state index contributed by atoms with van der Waals surface area (Å²) in [6, 6.07) is 2.58. The summed E-state index contributed by atoms with van der Waals surface area (Å²) in [7, 11) is 0. The standard InChI is InChI=1S/C16H26N4O/c1-5-8-17-14(6-2)13-7-9-20(10-13)11-15-18-16(12(3)4)19-21-15/h7,9-10,12,14,17H,5-6,8,11H2,1-4H3. The van der Waals surface area contributed by atoms with Crippen LogP contribution in [0.5, 0.6) is 0 Å². The van der Waals surface area contributed by atoms with Crippen LogP contribution in [0.4, 0.5) is 0 Å². The van der Waals surface area contributed by atoms with E-state index in [9.17, 15) is 0 Å². The Morgan fingerprint density at radius 2 is 2.14 bits per heavy atom. The summed E-state index contributed by atoms with van der Waals surface area (Å²) >= 11 is 0. The number of hydrogen-bond acceptors (Lipinski definition) is 4. The molecule has 2 aromatic rings. The minimum atomic E-state index is 0.297. The van der Waals surface area contributed by atoms with E-state index in [1.807, 2.05) is 0 Å². The molecule has 0 radical (unpaired) electrons. The summed E-state index contributed by atoms with van der Waals surface area (Å²) in [5.74, 6) is 1.73. The molecule has 0 spiro atoms. The molecule has 1 unspecified atom stereocenters. The van der Waals surface area contributed by atoms with Crippen LogP contribution < -0.4 is 5.32 Å². The van der Waals surface area contributed by atoms with Crippen LogP contribution in [-0.4, -0.2) is 21.3 Å². The Balaban J connectivity index is 2.01. The highest BCUT2D eigenvalue weighted by Gasteiger charge is 2.12. The normalized spacial score (nSPS) is 13.0. The van der Waals surface area contributed by atoms with Crippen LogP contribution in [0.3, 0.4) is 0 Å². The van der Waals surface area contributed by atoms with E-state index in [0.717, 1.165) is 25.2 Å². The van der Waals surface area contributed by atoms with Gasteiger partial charge in [0.05, 0.1) is 0 Å². The fourth-order valence-corrected chi connectivity index (χ4v) is 2.30. The Hall–Kier alpha value is -1.62. The average molecular weight is 290 g/mol. The SMILES string of the molecule is CCCNC(CC)c1ccn(Cc2nc(C(C)C)no2)c1. The monoisotopic (exact) mass is 290 g/mol. The van der Waals surface area contributed by atoms with E-state index in [4.69, 9.17) is 4.52 Å². The van der Waals surface area contributed by atoms with Gasteiger partial charge in [-0.3, -0.25) is 0 Å².